The SMILES string of the molecule is CC(C)C(O)c1nc(-c2cnc(N)c(C(F)(F)F)c2)cn1C12CC(N3CCC(F)(F)CC3)(C1)C2. The van der Waals surface area contributed by atoms with Gasteiger partial charge in [-0.25, -0.2) is 18.7 Å². The van der Waals surface area contributed by atoms with Gasteiger partial charge in [0, 0.05) is 49.4 Å². The molecule has 0 aromatic carbocycles. The third-order valence-electron chi connectivity index (χ3n) is 7.80. The van der Waals surface area contributed by atoms with Gasteiger partial charge in [-0.05, 0) is 31.2 Å². The molecular weight excluding hydrogens is 457 g/mol. The van der Waals surface area contributed by atoms with Gasteiger partial charge in [0.2, 0.25) is 0 Å². The number of hydrogen-bond acceptors (Lipinski definition) is 5. The van der Waals surface area contributed by atoms with Gasteiger partial charge in [0.15, 0.2) is 0 Å². The van der Waals surface area contributed by atoms with Crippen LogP contribution in [0.4, 0.5) is 27.8 Å². The molecule has 4 fully saturated rings. The number of nitrogen functional groups attached to an aromatic ring is 1. The van der Waals surface area contributed by atoms with Gasteiger partial charge in [-0.2, -0.15) is 13.2 Å². The zero-order valence-corrected chi connectivity index (χ0v) is 19.0. The van der Waals surface area contributed by atoms with Crippen molar-refractivity contribution < 1.29 is 27.1 Å². The summed E-state index contributed by atoms with van der Waals surface area (Å²) in [5.74, 6) is -2.97. The predicted octanol–water partition coefficient (Wildman–Crippen LogP) is 4.60. The lowest BCUT2D eigenvalue weighted by Crippen LogP contribution is -2.79. The van der Waals surface area contributed by atoms with Crippen LogP contribution in [0.15, 0.2) is 18.5 Å². The molecule has 6 rings (SSSR count). The number of rotatable bonds is 5. The number of nitrogens with zero attached hydrogens (tertiary/aromatic N) is 4. The van der Waals surface area contributed by atoms with Crippen molar-refractivity contribution in [3.8, 4) is 11.3 Å². The van der Waals surface area contributed by atoms with Crippen LogP contribution in [0.3, 0.4) is 0 Å². The number of likely N-dealkylation sites (tertiary alicyclic amines) is 1. The van der Waals surface area contributed by atoms with Crippen molar-refractivity contribution >= 4 is 5.82 Å². The van der Waals surface area contributed by atoms with Crippen molar-refractivity contribution in [1.29, 1.82) is 0 Å². The molecule has 1 atom stereocenters. The average molecular weight is 486 g/mol. The maximum Gasteiger partial charge on any atom is 0.419 e. The van der Waals surface area contributed by atoms with Crippen LogP contribution >= 0.6 is 0 Å². The molecule has 3 heterocycles. The van der Waals surface area contributed by atoms with Gasteiger partial charge in [-0.15, -0.1) is 0 Å². The number of anilines is 1. The van der Waals surface area contributed by atoms with E-state index in [0.717, 1.165) is 25.3 Å². The molecule has 1 unspecified atom stereocenters. The van der Waals surface area contributed by atoms with Gasteiger partial charge < -0.3 is 15.4 Å². The van der Waals surface area contributed by atoms with Crippen LogP contribution in [0, 0.1) is 5.92 Å². The van der Waals surface area contributed by atoms with Crippen molar-refractivity contribution in [3.63, 3.8) is 0 Å². The van der Waals surface area contributed by atoms with E-state index < -0.39 is 29.6 Å². The molecule has 3 aliphatic carbocycles. The van der Waals surface area contributed by atoms with E-state index in [1.807, 2.05) is 18.4 Å². The number of nitrogens with two attached hydrogens (primary N) is 1. The second kappa shape index (κ2) is 7.36. The Labute approximate surface area is 194 Å². The van der Waals surface area contributed by atoms with Gasteiger partial charge in [0.05, 0.1) is 16.8 Å². The molecule has 3 saturated carbocycles. The Bertz CT molecular complexity index is 1080. The summed E-state index contributed by atoms with van der Waals surface area (Å²) in [6.45, 7) is 4.40. The lowest BCUT2D eigenvalue weighted by atomic mass is 9.43. The summed E-state index contributed by atoms with van der Waals surface area (Å²) in [6.07, 6.45) is -0.674. The van der Waals surface area contributed by atoms with Crippen LogP contribution < -0.4 is 5.73 Å². The summed E-state index contributed by atoms with van der Waals surface area (Å²) in [5, 5.41) is 10.8. The number of hydrogen-bond donors (Lipinski definition) is 2. The molecule has 34 heavy (non-hydrogen) atoms. The number of piperidine rings is 1. The van der Waals surface area contributed by atoms with Gasteiger partial charge in [-0.1, -0.05) is 13.8 Å². The zero-order valence-electron chi connectivity index (χ0n) is 19.0. The summed E-state index contributed by atoms with van der Waals surface area (Å²) in [5.41, 5.74) is 4.42. The number of aromatic nitrogens is 3. The summed E-state index contributed by atoms with van der Waals surface area (Å²) in [6, 6.07) is 0.929. The highest BCUT2D eigenvalue weighted by Crippen LogP contribution is 2.69. The fourth-order valence-corrected chi connectivity index (χ4v) is 5.84. The third kappa shape index (κ3) is 3.59. The quantitative estimate of drug-likeness (QED) is 0.606. The summed E-state index contributed by atoms with van der Waals surface area (Å²) < 4.78 is 69.2. The maximum atomic E-state index is 13.6. The molecule has 186 valence electrons. The van der Waals surface area contributed by atoms with Crippen LogP contribution in [0.5, 0.6) is 0 Å². The summed E-state index contributed by atoms with van der Waals surface area (Å²) in [7, 11) is 0. The first kappa shape index (κ1) is 23.5. The highest BCUT2D eigenvalue weighted by Gasteiger charge is 2.72. The highest BCUT2D eigenvalue weighted by molar-refractivity contribution is 5.62. The van der Waals surface area contributed by atoms with Crippen LogP contribution in [-0.2, 0) is 11.7 Å². The lowest BCUT2D eigenvalue weighted by Gasteiger charge is -2.75. The predicted molar refractivity (Wildman–Crippen MR) is 115 cm³/mol. The van der Waals surface area contributed by atoms with Gasteiger partial charge in [0.1, 0.15) is 17.7 Å². The summed E-state index contributed by atoms with van der Waals surface area (Å²) >= 11 is 0. The Kier molecular flexibility index (Phi) is 5.08. The molecule has 6 nitrogen and oxygen atoms in total. The van der Waals surface area contributed by atoms with Gasteiger partial charge in [-0.3, -0.25) is 4.90 Å². The Hall–Kier alpha value is -2.27. The van der Waals surface area contributed by atoms with Crippen LogP contribution in [0.1, 0.15) is 63.4 Å². The minimum atomic E-state index is -4.65. The van der Waals surface area contributed by atoms with E-state index >= 15 is 0 Å². The first-order valence-electron chi connectivity index (χ1n) is 11.5. The number of aliphatic hydroxyl groups excluding tert-OH is 1. The first-order valence-corrected chi connectivity index (χ1v) is 11.5. The van der Waals surface area contributed by atoms with E-state index in [2.05, 4.69) is 14.9 Å². The molecular formula is C23H28F5N5O. The van der Waals surface area contributed by atoms with Crippen LogP contribution in [0.25, 0.3) is 11.3 Å². The van der Waals surface area contributed by atoms with E-state index in [4.69, 9.17) is 5.73 Å². The molecule has 2 bridgehead atoms. The molecule has 4 aliphatic rings. The average Bonchev–Trinajstić information content (AvgIpc) is 3.11. The van der Waals surface area contributed by atoms with Crippen molar-refractivity contribution in [3.05, 3.63) is 29.8 Å². The second-order valence-electron chi connectivity index (χ2n) is 10.5. The maximum absolute atomic E-state index is 13.6. The molecule has 0 radical (unpaired) electrons. The Morgan fingerprint density at radius 1 is 1.09 bits per heavy atom. The Morgan fingerprint density at radius 2 is 1.71 bits per heavy atom. The molecule has 2 aromatic heterocycles. The van der Waals surface area contributed by atoms with E-state index in [1.54, 1.807) is 6.20 Å². The standard InChI is InChI=1S/C23H28F5N5O/c1-13(2)17(34)19-31-16(14-7-15(23(26,27)28)18(29)30-8-14)9-33(19)21-10-20(11-21,12-21)32-5-3-22(24,25)4-6-32/h7-9,13,17,34H,3-6,10-12H2,1-2H3,(H2,29,30). The molecule has 3 N–H and O–H groups in total. The van der Waals surface area contributed by atoms with E-state index in [-0.39, 0.29) is 41.1 Å². The second-order valence-corrected chi connectivity index (χ2v) is 10.5. The Balaban J connectivity index is 1.45. The van der Waals surface area contributed by atoms with Gasteiger partial charge in [0.25, 0.3) is 5.92 Å². The number of pyridine rings is 1. The lowest BCUT2D eigenvalue weighted by molar-refractivity contribution is -0.224. The zero-order chi connectivity index (χ0) is 24.7. The number of imidazole rings is 1. The van der Waals surface area contributed by atoms with E-state index in [0.29, 0.717) is 18.9 Å². The molecule has 0 amide bonds. The van der Waals surface area contributed by atoms with Crippen molar-refractivity contribution in [2.75, 3.05) is 18.8 Å². The fraction of sp³-hybridized carbons (Fsp3) is 0.652. The van der Waals surface area contributed by atoms with E-state index in [9.17, 15) is 27.1 Å². The van der Waals surface area contributed by atoms with Gasteiger partial charge >= 0.3 is 6.18 Å². The minimum absolute atomic E-state index is 0.118. The third-order valence-corrected chi connectivity index (χ3v) is 7.80. The van der Waals surface area contributed by atoms with Crippen LogP contribution in [-0.4, -0.2) is 49.1 Å². The fourth-order valence-electron chi connectivity index (χ4n) is 5.84. The number of alkyl halides is 5. The number of halogens is 5. The molecule has 2 aromatic rings. The van der Waals surface area contributed by atoms with Crippen molar-refractivity contribution in [1.82, 2.24) is 19.4 Å². The molecule has 11 heteroatoms. The number of aliphatic hydroxyl groups is 1. The van der Waals surface area contributed by atoms with E-state index in [1.165, 1.54) is 6.20 Å². The molecule has 1 aliphatic heterocycles. The van der Waals surface area contributed by atoms with Crippen LogP contribution in [0.2, 0.25) is 0 Å². The topological polar surface area (TPSA) is 80.2 Å². The minimum Gasteiger partial charge on any atom is -0.385 e. The first-order chi connectivity index (χ1) is 15.8. The Morgan fingerprint density at radius 3 is 2.26 bits per heavy atom. The highest BCUT2D eigenvalue weighted by atomic mass is 19.4. The molecule has 0 spiro atoms. The monoisotopic (exact) mass is 485 g/mol. The smallest absolute Gasteiger partial charge is 0.385 e. The normalized spacial score (nSPS) is 29.6. The van der Waals surface area contributed by atoms with Crippen molar-refractivity contribution in [2.24, 2.45) is 5.92 Å². The largest absolute Gasteiger partial charge is 0.419 e. The van der Waals surface area contributed by atoms with Crippen molar-refractivity contribution in [2.45, 2.75) is 75.2 Å². The molecule has 1 saturated heterocycles. The summed E-state index contributed by atoms with van der Waals surface area (Å²) in [4.78, 5) is 10.4.